The number of nitrogens with zero attached hydrogens (tertiary/aromatic N) is 3. The van der Waals surface area contributed by atoms with Crippen molar-refractivity contribution in [3.8, 4) is 0 Å². The Balaban J connectivity index is 1.09. The van der Waals surface area contributed by atoms with Crippen molar-refractivity contribution in [1.82, 2.24) is 9.80 Å². The monoisotopic (exact) mass is 553 g/mol. The molecule has 3 saturated carbocycles. The standard InChI is InChI=1S/C32H47N3O5/c1-30-10-7-25(33-40-20-18-35-15-13-34(14-16-35)17-19-36)21-24(30)4-5-28-27(30)8-11-31(2)26(9-12-32(28,31)38)23-3-6-29(37)39-22-23/h3,6,21-22,26-28,36,38H,4-5,7-20H2,1-2H3/b33-25+/t26-,27+,28-,30+,31-,32+/m1/s1. The van der Waals surface area contributed by atoms with Crippen molar-refractivity contribution in [3.63, 3.8) is 0 Å². The van der Waals surface area contributed by atoms with Gasteiger partial charge in [0, 0.05) is 50.7 Å². The van der Waals surface area contributed by atoms with Crippen molar-refractivity contribution in [2.75, 3.05) is 52.5 Å². The molecule has 1 saturated heterocycles. The molecule has 6 atom stereocenters. The Kier molecular flexibility index (Phi) is 7.74. The molecule has 1 aromatic rings. The normalized spacial score (nSPS) is 39.4. The highest BCUT2D eigenvalue weighted by atomic mass is 16.6. The van der Waals surface area contributed by atoms with Crippen LogP contribution in [0.15, 0.2) is 44.4 Å². The minimum Gasteiger partial charge on any atom is -0.431 e. The molecule has 4 fully saturated rings. The Bertz CT molecular complexity index is 1170. The van der Waals surface area contributed by atoms with E-state index in [1.165, 1.54) is 11.6 Å². The van der Waals surface area contributed by atoms with Gasteiger partial charge in [0.25, 0.3) is 0 Å². The average Bonchev–Trinajstić information content (AvgIpc) is 3.23. The van der Waals surface area contributed by atoms with Crippen LogP contribution in [-0.4, -0.2) is 83.8 Å². The fourth-order valence-corrected chi connectivity index (χ4v) is 9.39. The highest BCUT2D eigenvalue weighted by Crippen LogP contribution is 2.69. The van der Waals surface area contributed by atoms with Gasteiger partial charge in [0.15, 0.2) is 0 Å². The molecule has 1 aliphatic heterocycles. The van der Waals surface area contributed by atoms with Crippen molar-refractivity contribution in [2.24, 2.45) is 27.8 Å². The first-order chi connectivity index (χ1) is 19.3. The van der Waals surface area contributed by atoms with E-state index in [-0.39, 0.29) is 29.0 Å². The van der Waals surface area contributed by atoms with Crippen molar-refractivity contribution in [3.05, 3.63) is 46.0 Å². The molecule has 5 aliphatic rings. The maximum atomic E-state index is 12.4. The van der Waals surface area contributed by atoms with Gasteiger partial charge in [-0.05, 0) is 92.2 Å². The third-order valence-electron chi connectivity index (χ3n) is 11.9. The SMILES string of the molecule is C[C@]12CC/C(=N\OCCN3CCN(CCO)CC3)C=C1CC[C@@H]1[C@@H]2CC[C@]2(C)[C@@H](c3ccc(=O)oc3)CC[C@]12O. The Morgan fingerprint density at radius 2 is 1.77 bits per heavy atom. The van der Waals surface area contributed by atoms with Crippen LogP contribution in [-0.2, 0) is 4.84 Å². The Morgan fingerprint density at radius 3 is 2.50 bits per heavy atom. The number of aliphatic hydroxyl groups excluding tert-OH is 1. The number of aliphatic hydroxyl groups is 2. The molecule has 4 aliphatic carbocycles. The lowest BCUT2D eigenvalue weighted by Crippen LogP contribution is -2.60. The van der Waals surface area contributed by atoms with Gasteiger partial charge >= 0.3 is 5.63 Å². The number of hydrogen-bond donors (Lipinski definition) is 2. The molecule has 40 heavy (non-hydrogen) atoms. The van der Waals surface area contributed by atoms with Crippen molar-refractivity contribution < 1.29 is 19.5 Å². The zero-order chi connectivity index (χ0) is 28.0. The van der Waals surface area contributed by atoms with Crippen LogP contribution >= 0.6 is 0 Å². The molecular weight excluding hydrogens is 506 g/mol. The second-order valence-electron chi connectivity index (χ2n) is 13.5. The van der Waals surface area contributed by atoms with Crippen molar-refractivity contribution in [2.45, 2.75) is 76.7 Å². The smallest absolute Gasteiger partial charge is 0.335 e. The van der Waals surface area contributed by atoms with E-state index in [0.717, 1.165) is 102 Å². The summed E-state index contributed by atoms with van der Waals surface area (Å²) in [4.78, 5) is 22.1. The van der Waals surface area contributed by atoms with Gasteiger partial charge in [0.2, 0.25) is 0 Å². The summed E-state index contributed by atoms with van der Waals surface area (Å²) in [6.07, 6.45) is 11.8. The summed E-state index contributed by atoms with van der Waals surface area (Å²) < 4.78 is 5.23. The summed E-state index contributed by atoms with van der Waals surface area (Å²) in [5.74, 6) is 0.992. The lowest BCUT2D eigenvalue weighted by Gasteiger charge is -2.61. The number of piperazine rings is 1. The molecule has 1 aromatic heterocycles. The quantitative estimate of drug-likeness (QED) is 0.392. The van der Waals surface area contributed by atoms with E-state index in [1.54, 1.807) is 6.26 Å². The Labute approximate surface area is 238 Å². The number of allylic oxidation sites excluding steroid dienone is 2. The van der Waals surface area contributed by atoms with Crippen LogP contribution < -0.4 is 5.63 Å². The van der Waals surface area contributed by atoms with Gasteiger partial charge < -0.3 is 19.5 Å². The van der Waals surface area contributed by atoms with Gasteiger partial charge in [-0.2, -0.15) is 0 Å². The third kappa shape index (κ3) is 4.79. The zero-order valence-corrected chi connectivity index (χ0v) is 24.3. The maximum Gasteiger partial charge on any atom is 0.335 e. The van der Waals surface area contributed by atoms with E-state index >= 15 is 0 Å². The van der Waals surface area contributed by atoms with Gasteiger partial charge in [-0.25, -0.2) is 4.79 Å². The van der Waals surface area contributed by atoms with Crippen LogP contribution in [0.1, 0.15) is 76.7 Å². The largest absolute Gasteiger partial charge is 0.431 e. The Hall–Kier alpha value is -2.00. The predicted molar refractivity (Wildman–Crippen MR) is 154 cm³/mol. The first kappa shape index (κ1) is 28.1. The topological polar surface area (TPSA) is 98.7 Å². The highest BCUT2D eigenvalue weighted by molar-refractivity contribution is 5.96. The molecule has 0 radical (unpaired) electrons. The van der Waals surface area contributed by atoms with Crippen LogP contribution in [0.3, 0.4) is 0 Å². The first-order valence-corrected chi connectivity index (χ1v) is 15.5. The van der Waals surface area contributed by atoms with Crippen LogP contribution in [0.5, 0.6) is 0 Å². The van der Waals surface area contributed by atoms with E-state index < -0.39 is 5.60 Å². The molecule has 0 aromatic carbocycles. The molecule has 8 nitrogen and oxygen atoms in total. The van der Waals surface area contributed by atoms with Gasteiger partial charge in [0.1, 0.15) is 6.61 Å². The molecular formula is C32H47N3O5. The van der Waals surface area contributed by atoms with E-state index in [2.05, 4.69) is 34.9 Å². The summed E-state index contributed by atoms with van der Waals surface area (Å²) in [6.45, 7) is 11.2. The van der Waals surface area contributed by atoms with E-state index in [0.29, 0.717) is 18.4 Å². The fraction of sp³-hybridized carbons (Fsp3) is 0.750. The van der Waals surface area contributed by atoms with Crippen LogP contribution in [0.25, 0.3) is 0 Å². The second-order valence-corrected chi connectivity index (χ2v) is 13.5. The number of rotatable bonds is 7. The summed E-state index contributed by atoms with van der Waals surface area (Å²) in [7, 11) is 0. The predicted octanol–water partition coefficient (Wildman–Crippen LogP) is 3.78. The maximum absolute atomic E-state index is 12.4. The fourth-order valence-electron chi connectivity index (χ4n) is 9.39. The number of hydrogen-bond acceptors (Lipinski definition) is 8. The molecule has 0 spiro atoms. The lowest BCUT2D eigenvalue weighted by atomic mass is 9.45. The second kappa shape index (κ2) is 11.0. The van der Waals surface area contributed by atoms with E-state index in [4.69, 9.17) is 14.4 Å². The average molecular weight is 554 g/mol. The zero-order valence-electron chi connectivity index (χ0n) is 24.3. The molecule has 220 valence electrons. The minimum absolute atomic E-state index is 0.102. The number of β-amino-alcohol motifs (C(OH)–C–C–N with tert-alkyl or cyclic N) is 1. The minimum atomic E-state index is -0.688. The van der Waals surface area contributed by atoms with Gasteiger partial charge in [-0.15, -0.1) is 0 Å². The Morgan fingerprint density at radius 1 is 1.00 bits per heavy atom. The summed E-state index contributed by atoms with van der Waals surface area (Å²) in [5, 5.41) is 26.1. The summed E-state index contributed by atoms with van der Waals surface area (Å²) in [5.41, 5.74) is 2.51. The number of fused-ring (bicyclic) bond motifs is 5. The van der Waals surface area contributed by atoms with Crippen LogP contribution in [0, 0.1) is 22.7 Å². The van der Waals surface area contributed by atoms with Crippen LogP contribution in [0.4, 0.5) is 0 Å². The van der Waals surface area contributed by atoms with Gasteiger partial charge in [-0.3, -0.25) is 9.80 Å². The summed E-state index contributed by atoms with van der Waals surface area (Å²) >= 11 is 0. The molecule has 0 amide bonds. The van der Waals surface area contributed by atoms with E-state index in [9.17, 15) is 9.90 Å². The third-order valence-corrected chi connectivity index (χ3v) is 11.9. The highest BCUT2D eigenvalue weighted by Gasteiger charge is 2.66. The molecule has 0 bridgehead atoms. The van der Waals surface area contributed by atoms with E-state index in [1.807, 2.05) is 6.07 Å². The van der Waals surface area contributed by atoms with Crippen molar-refractivity contribution in [1.29, 1.82) is 0 Å². The van der Waals surface area contributed by atoms with Crippen LogP contribution in [0.2, 0.25) is 0 Å². The lowest BCUT2D eigenvalue weighted by molar-refractivity contribution is -0.176. The van der Waals surface area contributed by atoms with Gasteiger partial charge in [0.05, 0.1) is 24.2 Å². The first-order valence-electron chi connectivity index (χ1n) is 15.5. The molecule has 8 heteroatoms. The van der Waals surface area contributed by atoms with Gasteiger partial charge in [-0.1, -0.05) is 24.6 Å². The molecule has 2 heterocycles. The number of oxime groups is 1. The van der Waals surface area contributed by atoms with Crippen molar-refractivity contribution >= 4 is 5.71 Å². The molecule has 2 N–H and O–H groups in total. The summed E-state index contributed by atoms with van der Waals surface area (Å²) in [6, 6.07) is 3.43. The molecule has 6 rings (SSSR count). The molecule has 0 unspecified atom stereocenters.